The summed E-state index contributed by atoms with van der Waals surface area (Å²) in [5.74, 6) is -1.14. The maximum absolute atomic E-state index is 11.8. The van der Waals surface area contributed by atoms with Crippen molar-refractivity contribution in [3.05, 3.63) is 0 Å². The van der Waals surface area contributed by atoms with Crippen molar-refractivity contribution in [2.75, 3.05) is 0 Å². The standard InChI is InChI=1S/C17H32O3/c1-3-5-7-9-11-13-16(18)14-15(17(19)20)12-10-8-6-4-2/h15H,3-14H2,1-2H3,(H,19,20). The molecule has 3 nitrogen and oxygen atoms in total. The summed E-state index contributed by atoms with van der Waals surface area (Å²) < 4.78 is 0. The number of ketones is 1. The zero-order valence-electron chi connectivity index (χ0n) is 13.3. The van der Waals surface area contributed by atoms with E-state index in [9.17, 15) is 9.59 Å². The lowest BCUT2D eigenvalue weighted by atomic mass is 9.93. The van der Waals surface area contributed by atoms with Crippen molar-refractivity contribution in [1.82, 2.24) is 0 Å². The third-order valence-electron chi connectivity index (χ3n) is 3.79. The molecule has 1 N–H and O–H groups in total. The molecule has 0 aromatic carbocycles. The van der Waals surface area contributed by atoms with Crippen LogP contribution in [0.2, 0.25) is 0 Å². The van der Waals surface area contributed by atoms with E-state index >= 15 is 0 Å². The molecule has 1 atom stereocenters. The number of carbonyl (C=O) groups excluding carboxylic acids is 1. The molecule has 20 heavy (non-hydrogen) atoms. The molecule has 1 unspecified atom stereocenters. The minimum absolute atomic E-state index is 0.129. The number of carbonyl (C=O) groups is 2. The number of aliphatic carboxylic acids is 1. The van der Waals surface area contributed by atoms with Gasteiger partial charge in [-0.25, -0.2) is 0 Å². The lowest BCUT2D eigenvalue weighted by Gasteiger charge is -2.11. The Hall–Kier alpha value is -0.860. The molecule has 0 spiro atoms. The highest BCUT2D eigenvalue weighted by Crippen LogP contribution is 2.17. The zero-order chi connectivity index (χ0) is 15.2. The molecule has 0 radical (unpaired) electrons. The number of hydrogen-bond acceptors (Lipinski definition) is 2. The summed E-state index contributed by atoms with van der Waals surface area (Å²) in [5, 5.41) is 9.17. The second kappa shape index (κ2) is 13.1. The van der Waals surface area contributed by atoms with Crippen LogP contribution >= 0.6 is 0 Å². The van der Waals surface area contributed by atoms with E-state index < -0.39 is 11.9 Å². The lowest BCUT2D eigenvalue weighted by Crippen LogP contribution is -2.18. The smallest absolute Gasteiger partial charge is 0.306 e. The Bertz CT molecular complexity index is 261. The van der Waals surface area contributed by atoms with Gasteiger partial charge in [0.2, 0.25) is 0 Å². The maximum Gasteiger partial charge on any atom is 0.306 e. The van der Waals surface area contributed by atoms with E-state index in [1.54, 1.807) is 0 Å². The quantitative estimate of drug-likeness (QED) is 0.458. The van der Waals surface area contributed by atoms with Gasteiger partial charge in [-0.2, -0.15) is 0 Å². The first-order valence-corrected chi connectivity index (χ1v) is 8.36. The topological polar surface area (TPSA) is 54.4 Å². The number of hydrogen-bond donors (Lipinski definition) is 1. The third kappa shape index (κ3) is 11.0. The zero-order valence-corrected chi connectivity index (χ0v) is 13.3. The molecule has 0 heterocycles. The van der Waals surface area contributed by atoms with Gasteiger partial charge in [0.25, 0.3) is 0 Å². The second-order valence-corrected chi connectivity index (χ2v) is 5.79. The van der Waals surface area contributed by atoms with Gasteiger partial charge in [-0.1, -0.05) is 65.2 Å². The molecular weight excluding hydrogens is 252 g/mol. The maximum atomic E-state index is 11.8. The summed E-state index contributed by atoms with van der Waals surface area (Å²) in [5.41, 5.74) is 0. The molecule has 0 amide bonds. The Morgan fingerprint density at radius 1 is 0.850 bits per heavy atom. The summed E-state index contributed by atoms with van der Waals surface area (Å²) in [7, 11) is 0. The number of carboxylic acids is 1. The molecule has 3 heteroatoms. The van der Waals surface area contributed by atoms with Crippen LogP contribution in [0.5, 0.6) is 0 Å². The second-order valence-electron chi connectivity index (χ2n) is 5.79. The van der Waals surface area contributed by atoms with Crippen LogP contribution in [0.15, 0.2) is 0 Å². The number of carboxylic acid groups (broad SMARTS) is 1. The van der Waals surface area contributed by atoms with Crippen molar-refractivity contribution in [2.24, 2.45) is 5.92 Å². The number of Topliss-reactive ketones (excluding diaryl/α,β-unsaturated/α-hetero) is 1. The summed E-state index contributed by atoms with van der Waals surface area (Å²) in [4.78, 5) is 23.0. The first-order chi connectivity index (χ1) is 9.61. The third-order valence-corrected chi connectivity index (χ3v) is 3.79. The van der Waals surface area contributed by atoms with Crippen molar-refractivity contribution >= 4 is 11.8 Å². The van der Waals surface area contributed by atoms with Gasteiger partial charge >= 0.3 is 5.97 Å². The molecule has 0 rings (SSSR count). The molecule has 0 aliphatic rings. The van der Waals surface area contributed by atoms with Crippen LogP contribution in [0.3, 0.4) is 0 Å². The molecule has 0 aliphatic carbocycles. The van der Waals surface area contributed by atoms with Gasteiger partial charge in [0.05, 0.1) is 5.92 Å². The summed E-state index contributed by atoms with van der Waals surface area (Å²) in [6, 6.07) is 0. The van der Waals surface area contributed by atoms with Gasteiger partial charge in [0, 0.05) is 12.8 Å². The summed E-state index contributed by atoms with van der Waals surface area (Å²) in [6.45, 7) is 4.30. The molecule has 0 saturated heterocycles. The fraction of sp³-hybridized carbons (Fsp3) is 0.882. The molecule has 0 saturated carbocycles. The molecule has 0 aromatic rings. The van der Waals surface area contributed by atoms with Crippen molar-refractivity contribution in [1.29, 1.82) is 0 Å². The molecule has 0 aliphatic heterocycles. The van der Waals surface area contributed by atoms with E-state index in [1.165, 1.54) is 19.3 Å². The molecule has 0 bridgehead atoms. The molecular formula is C17H32O3. The van der Waals surface area contributed by atoms with E-state index in [2.05, 4.69) is 13.8 Å². The van der Waals surface area contributed by atoms with Crippen LogP contribution in [-0.4, -0.2) is 16.9 Å². The minimum atomic E-state index is -0.805. The Morgan fingerprint density at radius 2 is 1.40 bits per heavy atom. The largest absolute Gasteiger partial charge is 0.481 e. The van der Waals surface area contributed by atoms with E-state index in [1.807, 2.05) is 0 Å². The summed E-state index contributed by atoms with van der Waals surface area (Å²) in [6.07, 6.45) is 11.4. The summed E-state index contributed by atoms with van der Waals surface area (Å²) >= 11 is 0. The van der Waals surface area contributed by atoms with E-state index in [0.717, 1.165) is 38.5 Å². The van der Waals surface area contributed by atoms with Crippen LogP contribution in [-0.2, 0) is 9.59 Å². The van der Waals surface area contributed by atoms with E-state index in [-0.39, 0.29) is 12.2 Å². The Kier molecular flexibility index (Phi) is 12.6. The van der Waals surface area contributed by atoms with Crippen LogP contribution in [0.25, 0.3) is 0 Å². The number of rotatable bonds is 14. The van der Waals surface area contributed by atoms with Gasteiger partial charge in [-0.15, -0.1) is 0 Å². The highest BCUT2D eigenvalue weighted by atomic mass is 16.4. The van der Waals surface area contributed by atoms with Crippen molar-refractivity contribution in [2.45, 2.75) is 90.9 Å². The van der Waals surface area contributed by atoms with Crippen LogP contribution in [0.1, 0.15) is 90.9 Å². The molecule has 0 fully saturated rings. The SMILES string of the molecule is CCCCCCCC(=O)CC(CCCCCC)C(=O)O. The average molecular weight is 284 g/mol. The average Bonchev–Trinajstić information content (AvgIpc) is 2.41. The number of unbranched alkanes of at least 4 members (excludes halogenated alkanes) is 7. The predicted octanol–water partition coefficient (Wildman–Crippen LogP) is 4.98. The van der Waals surface area contributed by atoms with Crippen molar-refractivity contribution in [3.63, 3.8) is 0 Å². The van der Waals surface area contributed by atoms with E-state index in [4.69, 9.17) is 5.11 Å². The Labute approximate surface area is 124 Å². The van der Waals surface area contributed by atoms with Crippen molar-refractivity contribution in [3.8, 4) is 0 Å². The van der Waals surface area contributed by atoms with Crippen LogP contribution in [0.4, 0.5) is 0 Å². The van der Waals surface area contributed by atoms with Gasteiger partial charge in [0.15, 0.2) is 0 Å². The Morgan fingerprint density at radius 3 is 1.95 bits per heavy atom. The van der Waals surface area contributed by atoms with Gasteiger partial charge in [-0.3, -0.25) is 9.59 Å². The van der Waals surface area contributed by atoms with Gasteiger partial charge in [-0.05, 0) is 12.8 Å². The lowest BCUT2D eigenvalue weighted by molar-refractivity contribution is -0.144. The van der Waals surface area contributed by atoms with Crippen LogP contribution in [0, 0.1) is 5.92 Å². The first kappa shape index (κ1) is 19.1. The van der Waals surface area contributed by atoms with E-state index in [0.29, 0.717) is 12.8 Å². The minimum Gasteiger partial charge on any atom is -0.481 e. The van der Waals surface area contributed by atoms with Gasteiger partial charge in [0.1, 0.15) is 5.78 Å². The first-order valence-electron chi connectivity index (χ1n) is 8.36. The predicted molar refractivity (Wildman–Crippen MR) is 82.9 cm³/mol. The normalized spacial score (nSPS) is 12.3. The van der Waals surface area contributed by atoms with Crippen molar-refractivity contribution < 1.29 is 14.7 Å². The monoisotopic (exact) mass is 284 g/mol. The van der Waals surface area contributed by atoms with Gasteiger partial charge < -0.3 is 5.11 Å². The fourth-order valence-corrected chi connectivity index (χ4v) is 2.43. The van der Waals surface area contributed by atoms with Crippen LogP contribution < -0.4 is 0 Å². The highest BCUT2D eigenvalue weighted by Gasteiger charge is 2.20. The highest BCUT2D eigenvalue weighted by molar-refractivity contribution is 5.83. The fourth-order valence-electron chi connectivity index (χ4n) is 2.43. The Balaban J connectivity index is 3.81. The molecule has 0 aromatic heterocycles. The molecule has 118 valence electrons.